The zero-order valence-electron chi connectivity index (χ0n) is 12.9. The average Bonchev–Trinajstić information content (AvgIpc) is 2.51. The molecular formula is C17H17BrN2O3. The topological polar surface area (TPSA) is 58.6 Å². The van der Waals surface area contributed by atoms with Crippen molar-refractivity contribution in [1.29, 1.82) is 0 Å². The third-order valence-corrected chi connectivity index (χ3v) is 3.60. The van der Waals surface area contributed by atoms with Crippen LogP contribution >= 0.6 is 15.9 Å². The van der Waals surface area contributed by atoms with Crippen LogP contribution in [0.15, 0.2) is 53.0 Å². The van der Waals surface area contributed by atoms with Crippen LogP contribution in [0.3, 0.4) is 0 Å². The van der Waals surface area contributed by atoms with Crippen LogP contribution in [0.4, 0.5) is 10.5 Å². The second-order valence-electron chi connectivity index (χ2n) is 5.04. The molecule has 2 amide bonds. The van der Waals surface area contributed by atoms with Crippen molar-refractivity contribution >= 4 is 33.6 Å². The molecule has 1 N–H and O–H groups in total. The van der Waals surface area contributed by atoms with Crippen molar-refractivity contribution in [2.75, 3.05) is 18.9 Å². The Morgan fingerprint density at radius 1 is 1.17 bits per heavy atom. The maximum atomic E-state index is 12.0. The number of benzene rings is 2. The van der Waals surface area contributed by atoms with E-state index in [-0.39, 0.29) is 12.5 Å². The van der Waals surface area contributed by atoms with Crippen molar-refractivity contribution in [3.05, 3.63) is 58.6 Å². The number of carbonyl (C=O) groups excluding carboxylic acids is 2. The minimum Gasteiger partial charge on any atom is -0.410 e. The smallest absolute Gasteiger partial charge is 0.410 e. The summed E-state index contributed by atoms with van der Waals surface area (Å²) < 4.78 is 6.11. The predicted octanol–water partition coefficient (Wildman–Crippen LogP) is 3.83. The van der Waals surface area contributed by atoms with E-state index in [0.717, 1.165) is 10.0 Å². The zero-order chi connectivity index (χ0) is 16.8. The van der Waals surface area contributed by atoms with Crippen molar-refractivity contribution in [3.8, 4) is 5.75 Å². The second kappa shape index (κ2) is 7.78. The predicted molar refractivity (Wildman–Crippen MR) is 92.6 cm³/mol. The van der Waals surface area contributed by atoms with Crippen LogP contribution in [-0.4, -0.2) is 30.5 Å². The highest BCUT2D eigenvalue weighted by Gasteiger charge is 2.15. The maximum Gasteiger partial charge on any atom is 0.415 e. The molecule has 120 valence electrons. The number of rotatable bonds is 4. The van der Waals surface area contributed by atoms with Crippen molar-refractivity contribution in [2.24, 2.45) is 0 Å². The number of likely N-dealkylation sites (N-methyl/N-ethyl adjacent to an activating group) is 1. The fourth-order valence-corrected chi connectivity index (χ4v) is 2.38. The molecule has 0 atom stereocenters. The summed E-state index contributed by atoms with van der Waals surface area (Å²) in [6.07, 6.45) is -0.584. The van der Waals surface area contributed by atoms with Gasteiger partial charge in [0.25, 0.3) is 0 Å². The Hall–Kier alpha value is -2.34. The summed E-state index contributed by atoms with van der Waals surface area (Å²) >= 11 is 3.37. The first-order chi connectivity index (χ1) is 11.0. The minimum atomic E-state index is -0.584. The van der Waals surface area contributed by atoms with Gasteiger partial charge in [0.1, 0.15) is 12.3 Å². The molecule has 2 aromatic rings. The number of anilines is 1. The summed E-state index contributed by atoms with van der Waals surface area (Å²) in [7, 11) is 1.51. The van der Waals surface area contributed by atoms with Gasteiger partial charge in [-0.3, -0.25) is 4.79 Å². The van der Waals surface area contributed by atoms with Crippen LogP contribution in [0.25, 0.3) is 0 Å². The first kappa shape index (κ1) is 17.0. The lowest BCUT2D eigenvalue weighted by Gasteiger charge is -2.17. The van der Waals surface area contributed by atoms with E-state index < -0.39 is 6.09 Å². The van der Waals surface area contributed by atoms with E-state index in [1.165, 1.54) is 11.9 Å². The van der Waals surface area contributed by atoms with Crippen LogP contribution in [-0.2, 0) is 4.79 Å². The van der Waals surface area contributed by atoms with Gasteiger partial charge < -0.3 is 15.0 Å². The summed E-state index contributed by atoms with van der Waals surface area (Å²) in [5.41, 5.74) is 1.64. The van der Waals surface area contributed by atoms with E-state index in [0.29, 0.717) is 11.4 Å². The van der Waals surface area contributed by atoms with E-state index >= 15 is 0 Å². The van der Waals surface area contributed by atoms with Gasteiger partial charge in [-0.15, -0.1) is 0 Å². The molecule has 23 heavy (non-hydrogen) atoms. The number of para-hydroxylation sites is 1. The molecule has 2 aromatic carbocycles. The summed E-state index contributed by atoms with van der Waals surface area (Å²) in [6, 6.07) is 14.3. The number of hydrogen-bond donors (Lipinski definition) is 1. The molecule has 0 aromatic heterocycles. The summed E-state index contributed by atoms with van der Waals surface area (Å²) in [5, 5.41) is 2.78. The standard InChI is InChI=1S/C17H17BrN2O3/c1-12-10-13(18)8-9-15(12)19-16(21)11-20(2)17(22)23-14-6-4-3-5-7-14/h3-10H,11H2,1-2H3,(H,19,21). The third kappa shape index (κ3) is 5.10. The van der Waals surface area contributed by atoms with Gasteiger partial charge in [0.2, 0.25) is 5.91 Å². The fraction of sp³-hybridized carbons (Fsp3) is 0.176. The Morgan fingerprint density at radius 3 is 2.52 bits per heavy atom. The van der Waals surface area contributed by atoms with Gasteiger partial charge in [0, 0.05) is 17.2 Å². The third-order valence-electron chi connectivity index (χ3n) is 3.10. The first-order valence-electron chi connectivity index (χ1n) is 6.99. The highest BCUT2D eigenvalue weighted by atomic mass is 79.9. The van der Waals surface area contributed by atoms with Crippen LogP contribution in [0.1, 0.15) is 5.56 Å². The Bertz CT molecular complexity index is 704. The van der Waals surface area contributed by atoms with Crippen LogP contribution in [0, 0.1) is 6.92 Å². The Labute approximate surface area is 143 Å². The molecule has 0 bridgehead atoms. The fourth-order valence-electron chi connectivity index (χ4n) is 1.90. The normalized spacial score (nSPS) is 10.0. The minimum absolute atomic E-state index is 0.0961. The van der Waals surface area contributed by atoms with E-state index in [1.54, 1.807) is 30.3 Å². The summed E-state index contributed by atoms with van der Waals surface area (Å²) in [6.45, 7) is 1.80. The van der Waals surface area contributed by atoms with Gasteiger partial charge in [-0.2, -0.15) is 0 Å². The summed E-state index contributed by atoms with van der Waals surface area (Å²) in [4.78, 5) is 25.2. The van der Waals surface area contributed by atoms with Crippen molar-refractivity contribution < 1.29 is 14.3 Å². The number of nitrogens with one attached hydrogen (secondary N) is 1. The largest absolute Gasteiger partial charge is 0.415 e. The van der Waals surface area contributed by atoms with E-state index in [1.807, 2.05) is 25.1 Å². The van der Waals surface area contributed by atoms with E-state index in [9.17, 15) is 9.59 Å². The number of halogens is 1. The molecule has 0 aliphatic heterocycles. The molecular weight excluding hydrogens is 360 g/mol. The van der Waals surface area contributed by atoms with Crippen LogP contribution < -0.4 is 10.1 Å². The molecule has 0 aliphatic rings. The van der Waals surface area contributed by atoms with Gasteiger partial charge in [-0.1, -0.05) is 34.1 Å². The molecule has 5 nitrogen and oxygen atoms in total. The number of ether oxygens (including phenoxy) is 1. The van der Waals surface area contributed by atoms with Gasteiger partial charge in [0.15, 0.2) is 0 Å². The number of carbonyl (C=O) groups is 2. The molecule has 2 rings (SSSR count). The number of amides is 2. The average molecular weight is 377 g/mol. The van der Waals surface area contributed by atoms with Crippen molar-refractivity contribution in [2.45, 2.75) is 6.92 Å². The van der Waals surface area contributed by atoms with Gasteiger partial charge in [0.05, 0.1) is 0 Å². The molecule has 0 heterocycles. The number of nitrogens with zero attached hydrogens (tertiary/aromatic N) is 1. The highest BCUT2D eigenvalue weighted by molar-refractivity contribution is 9.10. The molecule has 0 saturated heterocycles. The van der Waals surface area contributed by atoms with Crippen LogP contribution in [0.2, 0.25) is 0 Å². The summed E-state index contributed by atoms with van der Waals surface area (Å²) in [5.74, 6) is 0.149. The Morgan fingerprint density at radius 2 is 1.87 bits per heavy atom. The maximum absolute atomic E-state index is 12.0. The van der Waals surface area contributed by atoms with Gasteiger partial charge >= 0.3 is 6.09 Å². The number of aryl methyl sites for hydroxylation is 1. The lowest BCUT2D eigenvalue weighted by molar-refractivity contribution is -0.116. The second-order valence-corrected chi connectivity index (χ2v) is 5.96. The lowest BCUT2D eigenvalue weighted by atomic mass is 10.2. The van der Waals surface area contributed by atoms with E-state index in [4.69, 9.17) is 4.74 Å². The van der Waals surface area contributed by atoms with E-state index in [2.05, 4.69) is 21.2 Å². The van der Waals surface area contributed by atoms with Gasteiger partial charge in [-0.05, 0) is 42.8 Å². The highest BCUT2D eigenvalue weighted by Crippen LogP contribution is 2.20. The first-order valence-corrected chi connectivity index (χ1v) is 7.79. The Kier molecular flexibility index (Phi) is 5.76. The molecule has 6 heteroatoms. The SMILES string of the molecule is Cc1cc(Br)ccc1NC(=O)CN(C)C(=O)Oc1ccccc1. The molecule has 0 spiro atoms. The monoisotopic (exact) mass is 376 g/mol. The number of hydrogen-bond acceptors (Lipinski definition) is 3. The Balaban J connectivity index is 1.90. The van der Waals surface area contributed by atoms with Crippen molar-refractivity contribution in [3.63, 3.8) is 0 Å². The molecule has 0 saturated carbocycles. The zero-order valence-corrected chi connectivity index (χ0v) is 14.5. The molecule has 0 radical (unpaired) electrons. The molecule has 0 fully saturated rings. The lowest BCUT2D eigenvalue weighted by Crippen LogP contribution is -2.36. The quantitative estimate of drug-likeness (QED) is 0.881. The van der Waals surface area contributed by atoms with Gasteiger partial charge in [-0.25, -0.2) is 4.79 Å². The van der Waals surface area contributed by atoms with Crippen molar-refractivity contribution in [1.82, 2.24) is 4.90 Å². The van der Waals surface area contributed by atoms with Crippen LogP contribution in [0.5, 0.6) is 5.75 Å². The molecule has 0 unspecified atom stereocenters. The molecule has 0 aliphatic carbocycles.